The Hall–Kier alpha value is -4.07. The number of hydrogen-bond acceptors (Lipinski definition) is 5. The maximum atomic E-state index is 11.9. The summed E-state index contributed by atoms with van der Waals surface area (Å²) in [6.07, 6.45) is 10.1. The Kier molecular flexibility index (Phi) is 6.12. The number of nitrogens with one attached hydrogen (secondary N) is 1. The van der Waals surface area contributed by atoms with E-state index in [2.05, 4.69) is 63.5 Å². The molecule has 0 amide bonds. The lowest BCUT2D eigenvalue weighted by Crippen LogP contribution is -2.66. The molecule has 2 bridgehead atoms. The van der Waals surface area contributed by atoms with Gasteiger partial charge in [0.2, 0.25) is 0 Å². The van der Waals surface area contributed by atoms with Gasteiger partial charge < -0.3 is 9.72 Å². The summed E-state index contributed by atoms with van der Waals surface area (Å²) < 4.78 is 7.13. The summed E-state index contributed by atoms with van der Waals surface area (Å²) >= 11 is 0. The third-order valence-electron chi connectivity index (χ3n) is 9.75. The summed E-state index contributed by atoms with van der Waals surface area (Å²) in [5, 5.41) is 5.59. The maximum absolute atomic E-state index is 11.9. The van der Waals surface area contributed by atoms with E-state index in [1.54, 1.807) is 13.1 Å². The minimum absolute atomic E-state index is 0.0991. The number of ether oxygens (including phenoxy) is 1. The van der Waals surface area contributed by atoms with E-state index >= 15 is 0 Å². The van der Waals surface area contributed by atoms with E-state index in [-0.39, 0.29) is 5.56 Å². The molecule has 42 heavy (non-hydrogen) atoms. The van der Waals surface area contributed by atoms with Crippen LogP contribution in [0.15, 0.2) is 71.8 Å². The number of nitrogens with zero attached hydrogens (tertiary/aromatic N) is 4. The van der Waals surface area contributed by atoms with Crippen LogP contribution in [0.1, 0.15) is 36.0 Å². The van der Waals surface area contributed by atoms with Gasteiger partial charge in [-0.2, -0.15) is 5.10 Å². The van der Waals surface area contributed by atoms with E-state index in [1.807, 2.05) is 19.3 Å². The van der Waals surface area contributed by atoms with Gasteiger partial charge in [0, 0.05) is 65.7 Å². The lowest BCUT2D eigenvalue weighted by molar-refractivity contribution is -0.148. The molecule has 2 aliphatic heterocycles. The first kappa shape index (κ1) is 25.6. The molecule has 3 aliphatic rings. The molecule has 1 aliphatic carbocycles. The van der Waals surface area contributed by atoms with Gasteiger partial charge in [0.15, 0.2) is 0 Å². The fraction of sp³-hybridized carbons (Fsp3) is 0.343. The smallest absolute Gasteiger partial charge is 0.266 e. The van der Waals surface area contributed by atoms with Gasteiger partial charge in [0.25, 0.3) is 5.56 Å². The van der Waals surface area contributed by atoms with Crippen LogP contribution >= 0.6 is 0 Å². The average molecular weight is 558 g/mol. The molecule has 5 aromatic rings. The minimum Gasteiger partial charge on any atom is -0.378 e. The monoisotopic (exact) mass is 557 g/mol. The number of benzene rings is 2. The van der Waals surface area contributed by atoms with Gasteiger partial charge in [-0.3, -0.25) is 9.69 Å². The van der Waals surface area contributed by atoms with Crippen LogP contribution in [0.25, 0.3) is 44.5 Å². The normalized spacial score (nSPS) is 22.0. The van der Waals surface area contributed by atoms with Gasteiger partial charge >= 0.3 is 0 Å². The van der Waals surface area contributed by atoms with Gasteiger partial charge in [-0.25, -0.2) is 9.67 Å². The van der Waals surface area contributed by atoms with Crippen LogP contribution in [-0.2, 0) is 24.6 Å². The highest BCUT2D eigenvalue weighted by Gasteiger charge is 2.45. The Bertz CT molecular complexity index is 1860. The average Bonchev–Trinajstić information content (AvgIpc) is 3.33. The molecule has 2 fully saturated rings. The van der Waals surface area contributed by atoms with E-state index in [9.17, 15) is 4.79 Å². The standard InChI is InChI=1S/C35H35N5O2/c1-21-13-33(41)39(2)38-34(21)24-6-4-23(5-7-24)32-18-37-35-31(32)15-27(17-36-35)26-8-3-22-9-11-28(12-10-25(22)14-26)40-29-16-30(40)20-42-19-29/h3-8,13-15,17-18,28-30H,9-12,16,19-20H2,1-2H3,(H,36,37)/t28-,29?,30?/m0/s1. The number of aromatic nitrogens is 4. The summed E-state index contributed by atoms with van der Waals surface area (Å²) in [6.45, 7) is 3.76. The molecule has 0 radical (unpaired) electrons. The molecule has 1 N–H and O–H groups in total. The molecular formula is C35H35N5O2. The molecule has 3 aromatic heterocycles. The zero-order valence-corrected chi connectivity index (χ0v) is 24.1. The molecule has 212 valence electrons. The third kappa shape index (κ3) is 4.30. The van der Waals surface area contributed by atoms with Gasteiger partial charge in [-0.05, 0) is 72.9 Å². The zero-order chi connectivity index (χ0) is 28.4. The number of hydrogen-bond donors (Lipinski definition) is 1. The molecule has 2 saturated heterocycles. The van der Waals surface area contributed by atoms with Crippen molar-refractivity contribution in [2.24, 2.45) is 7.05 Å². The number of morpholine rings is 1. The molecular weight excluding hydrogens is 522 g/mol. The van der Waals surface area contributed by atoms with Crippen LogP contribution in [0.3, 0.4) is 0 Å². The summed E-state index contributed by atoms with van der Waals surface area (Å²) in [5.41, 5.74) is 11.1. The van der Waals surface area contributed by atoms with E-state index in [0.717, 1.165) is 70.6 Å². The molecule has 2 unspecified atom stereocenters. The lowest BCUT2D eigenvalue weighted by Gasteiger charge is -2.56. The maximum Gasteiger partial charge on any atom is 0.266 e. The summed E-state index contributed by atoms with van der Waals surface area (Å²) in [5.74, 6) is 0. The Morgan fingerprint density at radius 1 is 0.857 bits per heavy atom. The fourth-order valence-corrected chi connectivity index (χ4v) is 7.45. The number of aromatic amines is 1. The van der Waals surface area contributed by atoms with Crippen molar-refractivity contribution >= 4 is 11.0 Å². The highest BCUT2D eigenvalue weighted by atomic mass is 16.5. The van der Waals surface area contributed by atoms with Crippen molar-refractivity contribution in [3.05, 3.63) is 94.0 Å². The molecule has 0 spiro atoms. The first-order valence-electron chi connectivity index (χ1n) is 15.1. The number of aryl methyl sites for hydroxylation is 4. The van der Waals surface area contributed by atoms with Crippen molar-refractivity contribution in [2.45, 2.75) is 57.2 Å². The van der Waals surface area contributed by atoms with Crippen molar-refractivity contribution in [3.8, 4) is 33.5 Å². The molecule has 3 atom stereocenters. The van der Waals surface area contributed by atoms with Crippen molar-refractivity contribution in [1.82, 2.24) is 24.6 Å². The Balaban J connectivity index is 1.06. The molecule has 7 nitrogen and oxygen atoms in total. The van der Waals surface area contributed by atoms with Crippen molar-refractivity contribution < 1.29 is 4.74 Å². The van der Waals surface area contributed by atoms with Gasteiger partial charge in [-0.1, -0.05) is 42.5 Å². The van der Waals surface area contributed by atoms with Crippen LogP contribution in [0, 0.1) is 6.92 Å². The first-order chi connectivity index (χ1) is 20.5. The zero-order valence-electron chi connectivity index (χ0n) is 24.1. The van der Waals surface area contributed by atoms with Crippen LogP contribution in [-0.4, -0.2) is 56.0 Å². The first-order valence-corrected chi connectivity index (χ1v) is 15.1. The Morgan fingerprint density at radius 2 is 1.60 bits per heavy atom. The number of fused-ring (bicyclic) bond motifs is 4. The quantitative estimate of drug-likeness (QED) is 0.288. The Labute approximate surface area is 245 Å². The number of H-pyrrole nitrogens is 1. The second-order valence-corrected chi connectivity index (χ2v) is 12.3. The van der Waals surface area contributed by atoms with Gasteiger partial charge in [0.05, 0.1) is 18.9 Å². The van der Waals surface area contributed by atoms with E-state index in [1.165, 1.54) is 40.6 Å². The van der Waals surface area contributed by atoms with Crippen LogP contribution in [0.5, 0.6) is 0 Å². The molecule has 5 heterocycles. The van der Waals surface area contributed by atoms with Gasteiger partial charge in [0.1, 0.15) is 5.65 Å². The van der Waals surface area contributed by atoms with Crippen molar-refractivity contribution in [2.75, 3.05) is 13.2 Å². The topological polar surface area (TPSA) is 76.0 Å². The van der Waals surface area contributed by atoms with E-state index < -0.39 is 0 Å². The lowest BCUT2D eigenvalue weighted by atomic mass is 9.87. The highest BCUT2D eigenvalue weighted by molar-refractivity contribution is 5.96. The molecule has 8 rings (SSSR count). The molecule has 7 heteroatoms. The third-order valence-corrected chi connectivity index (χ3v) is 9.75. The summed E-state index contributed by atoms with van der Waals surface area (Å²) in [6, 6.07) is 21.3. The molecule has 2 aromatic carbocycles. The SMILES string of the molecule is Cc1cc(=O)n(C)nc1-c1ccc(-c2c[nH]c3ncc(-c4ccc5c(c4)CC[C@@H](N4C6COCC4C6)CC5)cc23)cc1. The fourth-order valence-electron chi connectivity index (χ4n) is 7.45. The predicted molar refractivity (Wildman–Crippen MR) is 165 cm³/mol. The highest BCUT2D eigenvalue weighted by Crippen LogP contribution is 2.38. The van der Waals surface area contributed by atoms with E-state index in [4.69, 9.17) is 9.72 Å². The number of rotatable bonds is 4. The van der Waals surface area contributed by atoms with Crippen LogP contribution in [0.4, 0.5) is 0 Å². The molecule has 0 saturated carbocycles. The summed E-state index contributed by atoms with van der Waals surface area (Å²) in [7, 11) is 1.68. The second-order valence-electron chi connectivity index (χ2n) is 12.3. The summed E-state index contributed by atoms with van der Waals surface area (Å²) in [4.78, 5) is 22.9. The van der Waals surface area contributed by atoms with Gasteiger partial charge in [-0.15, -0.1) is 0 Å². The minimum atomic E-state index is -0.0991. The van der Waals surface area contributed by atoms with Crippen LogP contribution in [0.2, 0.25) is 0 Å². The largest absolute Gasteiger partial charge is 0.378 e. The second kappa shape index (κ2) is 10.0. The van der Waals surface area contributed by atoms with Crippen molar-refractivity contribution in [3.63, 3.8) is 0 Å². The number of pyridine rings is 1. The van der Waals surface area contributed by atoms with E-state index in [0.29, 0.717) is 18.1 Å². The van der Waals surface area contributed by atoms with Crippen LogP contribution < -0.4 is 5.56 Å². The van der Waals surface area contributed by atoms with Crippen molar-refractivity contribution in [1.29, 1.82) is 0 Å². The Morgan fingerprint density at radius 3 is 2.38 bits per heavy atom. The predicted octanol–water partition coefficient (Wildman–Crippen LogP) is 5.69.